The molecule has 46 heavy (non-hydrogen) atoms. The van der Waals surface area contributed by atoms with Crippen molar-refractivity contribution in [1.29, 1.82) is 0 Å². The Morgan fingerprint density at radius 3 is 2.02 bits per heavy atom. The van der Waals surface area contributed by atoms with Crippen LogP contribution in [0.1, 0.15) is 40.0 Å². The van der Waals surface area contributed by atoms with Crippen molar-refractivity contribution in [2.24, 2.45) is 11.8 Å². The standard InChI is InChI=1S/C31H44O15/c1-6-18(12-20(35)15(3)33)8-9-23(37)45-28-22(14-32)44-30(42-11-10-19(7-2)13-21(36)16(4)34)27(41)29(28)46-31-26(40)25(39)24(38)17(5)43-31/h6-9,17-19,22,24-32,38-41H,1-2,10-14H2,3-5H3/b9-8+. The number of carbonyl (C=O) groups is 5. The molecule has 2 aliphatic heterocycles. The number of esters is 1. The Labute approximate surface area is 266 Å². The van der Waals surface area contributed by atoms with Crippen LogP contribution in [-0.2, 0) is 47.7 Å². The lowest BCUT2D eigenvalue weighted by Crippen LogP contribution is -2.65. The number of hydrogen-bond donors (Lipinski definition) is 5. The van der Waals surface area contributed by atoms with Gasteiger partial charge in [-0.1, -0.05) is 18.2 Å². The predicted octanol–water partition coefficient (Wildman–Crippen LogP) is -1.15. The second-order valence-electron chi connectivity index (χ2n) is 11.2. The largest absolute Gasteiger partial charge is 0.453 e. The minimum atomic E-state index is -1.80. The van der Waals surface area contributed by atoms with Crippen LogP contribution in [0.25, 0.3) is 0 Å². The first-order valence-corrected chi connectivity index (χ1v) is 14.8. The zero-order valence-corrected chi connectivity index (χ0v) is 26.0. The molecule has 0 aromatic carbocycles. The van der Waals surface area contributed by atoms with Crippen LogP contribution in [0.3, 0.4) is 0 Å². The van der Waals surface area contributed by atoms with Crippen molar-refractivity contribution in [2.45, 2.75) is 101 Å². The molecule has 0 aliphatic carbocycles. The molecule has 12 atom stereocenters. The van der Waals surface area contributed by atoms with Gasteiger partial charge in [0.1, 0.15) is 36.6 Å². The van der Waals surface area contributed by atoms with Gasteiger partial charge in [0, 0.05) is 38.7 Å². The molecule has 15 heteroatoms. The van der Waals surface area contributed by atoms with Gasteiger partial charge in [0.2, 0.25) is 0 Å². The molecule has 0 radical (unpaired) electrons. The van der Waals surface area contributed by atoms with Gasteiger partial charge in [0.05, 0.1) is 19.3 Å². The Morgan fingerprint density at radius 1 is 0.826 bits per heavy atom. The van der Waals surface area contributed by atoms with Gasteiger partial charge in [-0.05, 0) is 19.3 Å². The molecule has 12 unspecified atom stereocenters. The van der Waals surface area contributed by atoms with Crippen molar-refractivity contribution in [2.75, 3.05) is 13.2 Å². The van der Waals surface area contributed by atoms with E-state index in [1.165, 1.54) is 25.2 Å². The Bertz CT molecular complexity index is 1130. The lowest BCUT2D eigenvalue weighted by atomic mass is 9.96. The second kappa shape index (κ2) is 18.4. The predicted molar refractivity (Wildman–Crippen MR) is 157 cm³/mol. The van der Waals surface area contributed by atoms with Crippen molar-refractivity contribution in [3.05, 3.63) is 37.5 Å². The third-order valence-corrected chi connectivity index (χ3v) is 7.69. The van der Waals surface area contributed by atoms with Gasteiger partial charge in [-0.25, -0.2) is 4.79 Å². The van der Waals surface area contributed by atoms with Crippen LogP contribution >= 0.6 is 0 Å². The average Bonchev–Trinajstić information content (AvgIpc) is 3.02. The fraction of sp³-hybridized carbons (Fsp3) is 0.645. The Hall–Kier alpha value is -2.99. The molecule has 2 heterocycles. The van der Waals surface area contributed by atoms with E-state index in [-0.39, 0.29) is 25.9 Å². The highest BCUT2D eigenvalue weighted by Gasteiger charge is 2.52. The summed E-state index contributed by atoms with van der Waals surface area (Å²) in [4.78, 5) is 59.1. The first-order chi connectivity index (χ1) is 21.6. The Kier molecular flexibility index (Phi) is 15.7. The molecule has 0 amide bonds. The molecule has 2 rings (SSSR count). The first-order valence-electron chi connectivity index (χ1n) is 14.8. The van der Waals surface area contributed by atoms with Gasteiger partial charge < -0.3 is 49.2 Å². The minimum Gasteiger partial charge on any atom is -0.453 e. The van der Waals surface area contributed by atoms with Crippen LogP contribution in [0.15, 0.2) is 37.5 Å². The normalized spacial score (nSPS) is 32.7. The number of aliphatic hydroxyl groups is 5. The maximum atomic E-state index is 12.9. The topological polar surface area (TPSA) is 233 Å². The smallest absolute Gasteiger partial charge is 0.330 e. The third kappa shape index (κ3) is 10.8. The average molecular weight is 657 g/mol. The number of hydrogen-bond acceptors (Lipinski definition) is 15. The van der Waals surface area contributed by atoms with Crippen LogP contribution in [0.4, 0.5) is 0 Å². The number of rotatable bonds is 18. The second-order valence-corrected chi connectivity index (χ2v) is 11.2. The van der Waals surface area contributed by atoms with E-state index in [9.17, 15) is 49.5 Å². The lowest BCUT2D eigenvalue weighted by molar-refractivity contribution is -0.357. The number of carbonyl (C=O) groups excluding carboxylic acids is 5. The van der Waals surface area contributed by atoms with Crippen molar-refractivity contribution >= 4 is 29.1 Å². The van der Waals surface area contributed by atoms with Gasteiger partial charge in [-0.15, -0.1) is 13.2 Å². The molecule has 2 saturated heterocycles. The van der Waals surface area contributed by atoms with Crippen LogP contribution < -0.4 is 0 Å². The Morgan fingerprint density at radius 2 is 1.46 bits per heavy atom. The summed E-state index contributed by atoms with van der Waals surface area (Å²) in [7, 11) is 0. The molecule has 2 fully saturated rings. The highest BCUT2D eigenvalue weighted by molar-refractivity contribution is 6.36. The van der Waals surface area contributed by atoms with E-state index in [0.29, 0.717) is 0 Å². The highest BCUT2D eigenvalue weighted by Crippen LogP contribution is 2.31. The summed E-state index contributed by atoms with van der Waals surface area (Å²) in [5.41, 5.74) is 0. The fourth-order valence-electron chi connectivity index (χ4n) is 4.74. The molecule has 0 saturated carbocycles. The summed E-state index contributed by atoms with van der Waals surface area (Å²) in [6, 6.07) is 0. The van der Waals surface area contributed by atoms with Crippen LogP contribution in [0, 0.1) is 11.8 Å². The molecule has 0 spiro atoms. The zero-order chi connectivity index (χ0) is 34.7. The Balaban J connectivity index is 2.27. The number of ketones is 4. The van der Waals surface area contributed by atoms with E-state index in [2.05, 4.69) is 13.2 Å². The molecule has 0 aromatic heterocycles. The molecule has 258 valence electrons. The van der Waals surface area contributed by atoms with Crippen molar-refractivity contribution < 1.29 is 73.2 Å². The summed E-state index contributed by atoms with van der Waals surface area (Å²) in [6.45, 7) is 10.0. The van der Waals surface area contributed by atoms with Crippen LogP contribution in [0.2, 0.25) is 0 Å². The quantitative estimate of drug-likeness (QED) is 0.0507. The van der Waals surface area contributed by atoms with E-state index < -0.39 is 109 Å². The van der Waals surface area contributed by atoms with E-state index in [0.717, 1.165) is 19.9 Å². The monoisotopic (exact) mass is 656 g/mol. The molecular weight excluding hydrogens is 612 g/mol. The van der Waals surface area contributed by atoms with Gasteiger partial charge in [-0.2, -0.15) is 0 Å². The first kappa shape index (κ1) is 39.2. The van der Waals surface area contributed by atoms with Crippen molar-refractivity contribution in [3.63, 3.8) is 0 Å². The summed E-state index contributed by atoms with van der Waals surface area (Å²) in [5, 5.41) is 52.2. The number of Topliss-reactive ketones (excluding diaryl/α,β-unsaturated/α-hetero) is 4. The van der Waals surface area contributed by atoms with Crippen molar-refractivity contribution in [1.82, 2.24) is 0 Å². The number of aliphatic hydroxyl groups excluding tert-OH is 5. The number of ether oxygens (including phenoxy) is 5. The van der Waals surface area contributed by atoms with Gasteiger partial charge in [0.15, 0.2) is 41.8 Å². The van der Waals surface area contributed by atoms with E-state index >= 15 is 0 Å². The summed E-state index contributed by atoms with van der Waals surface area (Å²) >= 11 is 0. The summed E-state index contributed by atoms with van der Waals surface area (Å²) in [6.07, 6.45) is -10.5. The lowest BCUT2D eigenvalue weighted by Gasteiger charge is -2.46. The summed E-state index contributed by atoms with van der Waals surface area (Å²) in [5.74, 6) is -4.70. The maximum Gasteiger partial charge on any atom is 0.330 e. The van der Waals surface area contributed by atoms with Gasteiger partial charge >= 0.3 is 5.97 Å². The zero-order valence-electron chi connectivity index (χ0n) is 26.0. The van der Waals surface area contributed by atoms with E-state index in [4.69, 9.17) is 23.7 Å². The van der Waals surface area contributed by atoms with Gasteiger partial charge in [0.25, 0.3) is 0 Å². The maximum absolute atomic E-state index is 12.9. The van der Waals surface area contributed by atoms with E-state index in [1.54, 1.807) is 0 Å². The third-order valence-electron chi connectivity index (χ3n) is 7.69. The number of allylic oxidation sites excluding steroid dienone is 3. The fourth-order valence-corrected chi connectivity index (χ4v) is 4.74. The summed E-state index contributed by atoms with van der Waals surface area (Å²) < 4.78 is 28.2. The van der Waals surface area contributed by atoms with E-state index in [1.807, 2.05) is 0 Å². The molecule has 0 aromatic rings. The van der Waals surface area contributed by atoms with Crippen LogP contribution in [0.5, 0.6) is 0 Å². The van der Waals surface area contributed by atoms with Crippen LogP contribution in [-0.4, -0.2) is 129 Å². The van der Waals surface area contributed by atoms with Crippen molar-refractivity contribution in [3.8, 4) is 0 Å². The highest BCUT2D eigenvalue weighted by atomic mass is 16.7. The van der Waals surface area contributed by atoms with Gasteiger partial charge in [-0.3, -0.25) is 19.2 Å². The molecular formula is C31H44O15. The minimum absolute atomic E-state index is 0.105. The molecule has 15 nitrogen and oxygen atoms in total. The molecule has 5 N–H and O–H groups in total. The SMILES string of the molecule is C=CC(/C=C/C(=O)OC1C(CO)OC(OCCC(C=C)CC(=O)C(C)=O)C(O)C1OC1OC(C)C(O)C(O)C1O)CC(=O)C(C)=O. The molecule has 2 aliphatic rings. The molecule has 0 bridgehead atoms.